The summed E-state index contributed by atoms with van der Waals surface area (Å²) in [5.74, 6) is -0.507. The molecule has 9 nitrogen and oxygen atoms in total. The number of unbranched alkanes of at least 4 members (excludes halogenated alkanes) is 38. The standard InChI is InChI=1S/C67H127N2O7P/c1-7-10-13-16-19-22-25-27-29-31-33-34-36-38-40-42-45-48-51-54-57-60-67(71)76-65(58-55-52-49-46-43-24-21-18-15-12-9-3)64(63-75-77(72,73)74-62-61-69(4,5)6)68-66(70)59-56-53-50-47-44-41-39-37-35-32-30-28-26-23-20-17-14-11-8-2/h20,23,28,30,35,37,55,58,64-65H,7-19,21-22,24-27,29,31-34,36,38-54,56-57,59-63H2,1-6H3,(H-,68,70,72,73)/p+1/b23-20-,30-28-,37-35-,58-55+. The van der Waals surface area contributed by atoms with Gasteiger partial charge in [0.1, 0.15) is 19.3 Å². The Bertz CT molecular complexity index is 1460. The maximum atomic E-state index is 13.6. The van der Waals surface area contributed by atoms with Crippen LogP contribution in [0.3, 0.4) is 0 Å². The number of allylic oxidation sites excluding steroid dienone is 7. The van der Waals surface area contributed by atoms with Gasteiger partial charge in [-0.2, -0.15) is 0 Å². The van der Waals surface area contributed by atoms with Gasteiger partial charge in [0.15, 0.2) is 0 Å². The van der Waals surface area contributed by atoms with Crippen LogP contribution < -0.4 is 5.32 Å². The van der Waals surface area contributed by atoms with Crippen LogP contribution in [0, 0.1) is 0 Å². The first-order valence-electron chi connectivity index (χ1n) is 33.0. The summed E-state index contributed by atoms with van der Waals surface area (Å²) in [6.45, 7) is 7.01. The van der Waals surface area contributed by atoms with Gasteiger partial charge in [0, 0.05) is 12.8 Å². The van der Waals surface area contributed by atoms with Crippen molar-refractivity contribution in [3.8, 4) is 0 Å². The smallest absolute Gasteiger partial charge is 0.456 e. The third kappa shape index (κ3) is 58.4. The van der Waals surface area contributed by atoms with Crippen LogP contribution >= 0.6 is 7.82 Å². The average molecular weight is 1100 g/mol. The van der Waals surface area contributed by atoms with Gasteiger partial charge in [0.25, 0.3) is 0 Å². The summed E-state index contributed by atoms with van der Waals surface area (Å²) in [6, 6.07) is -0.853. The minimum absolute atomic E-state index is 0.0384. The Hall–Kier alpha value is -2.03. The van der Waals surface area contributed by atoms with Crippen molar-refractivity contribution in [1.29, 1.82) is 0 Å². The molecular formula is C67H128N2O7P+. The predicted octanol–water partition coefficient (Wildman–Crippen LogP) is 20.5. The fraction of sp³-hybridized carbons (Fsp3) is 0.851. The van der Waals surface area contributed by atoms with Gasteiger partial charge in [0.05, 0.1) is 33.8 Å². The Labute approximate surface area is 478 Å². The lowest BCUT2D eigenvalue weighted by Crippen LogP contribution is -2.47. The maximum absolute atomic E-state index is 13.6. The fourth-order valence-electron chi connectivity index (χ4n) is 9.65. The Balaban J connectivity index is 5.14. The zero-order valence-electron chi connectivity index (χ0n) is 51.7. The van der Waals surface area contributed by atoms with E-state index in [0.29, 0.717) is 23.9 Å². The second-order valence-corrected chi connectivity index (χ2v) is 25.1. The molecule has 3 unspecified atom stereocenters. The van der Waals surface area contributed by atoms with Crippen molar-refractivity contribution in [2.24, 2.45) is 0 Å². The molecule has 0 bridgehead atoms. The molecule has 0 saturated heterocycles. The number of amides is 1. The molecule has 0 heterocycles. The van der Waals surface area contributed by atoms with Gasteiger partial charge in [-0.05, 0) is 70.3 Å². The molecule has 0 aromatic rings. The van der Waals surface area contributed by atoms with Crippen LogP contribution in [0.2, 0.25) is 0 Å². The van der Waals surface area contributed by atoms with E-state index in [2.05, 4.69) is 62.5 Å². The van der Waals surface area contributed by atoms with E-state index in [9.17, 15) is 19.0 Å². The summed E-state index contributed by atoms with van der Waals surface area (Å²) >= 11 is 0. The molecule has 0 saturated carbocycles. The molecule has 0 aliphatic heterocycles. The number of hydrogen-bond donors (Lipinski definition) is 2. The Morgan fingerprint density at radius 2 is 0.792 bits per heavy atom. The van der Waals surface area contributed by atoms with E-state index in [4.69, 9.17) is 13.8 Å². The van der Waals surface area contributed by atoms with E-state index >= 15 is 0 Å². The summed E-state index contributed by atoms with van der Waals surface area (Å²) in [7, 11) is 1.49. The number of esters is 1. The van der Waals surface area contributed by atoms with Crippen molar-refractivity contribution in [3.05, 3.63) is 48.6 Å². The molecule has 77 heavy (non-hydrogen) atoms. The van der Waals surface area contributed by atoms with Gasteiger partial charge in [-0.1, -0.05) is 282 Å². The van der Waals surface area contributed by atoms with Crippen LogP contribution in [-0.2, 0) is 27.9 Å². The minimum Gasteiger partial charge on any atom is -0.456 e. The average Bonchev–Trinajstić information content (AvgIpc) is 3.39. The SMILES string of the molecule is CCCCC/C=C\C/C=C\C/C=C\CCCCCCCCC(=O)NC(COP(=O)(O)OCC[N+](C)(C)C)C(/C=C/CCCCCCCCCCC)OC(=O)CCCCCCCCCCCCCCCCCCCCCCC. The lowest BCUT2D eigenvalue weighted by atomic mass is 10.0. The Kier molecular flexibility index (Phi) is 55.7. The van der Waals surface area contributed by atoms with Crippen molar-refractivity contribution >= 4 is 19.7 Å². The molecule has 2 N–H and O–H groups in total. The summed E-state index contributed by atoms with van der Waals surface area (Å²) in [6.07, 6.45) is 71.1. The molecule has 0 aliphatic rings. The van der Waals surface area contributed by atoms with Crippen molar-refractivity contribution in [2.45, 2.75) is 328 Å². The number of nitrogens with one attached hydrogen (secondary N) is 1. The normalized spacial score (nSPS) is 13.9. The van der Waals surface area contributed by atoms with E-state index in [0.717, 1.165) is 83.5 Å². The quantitative estimate of drug-likeness (QED) is 0.0205. The van der Waals surface area contributed by atoms with Crippen molar-refractivity contribution < 1.29 is 37.3 Å². The number of nitrogens with zero attached hydrogens (tertiary/aromatic N) is 1. The highest BCUT2D eigenvalue weighted by molar-refractivity contribution is 7.47. The largest absolute Gasteiger partial charge is 0.472 e. The summed E-state index contributed by atoms with van der Waals surface area (Å²) < 4.78 is 30.7. The van der Waals surface area contributed by atoms with E-state index in [1.807, 2.05) is 33.3 Å². The number of carbonyl (C=O) groups excluding carboxylic acids is 2. The molecule has 0 aromatic carbocycles. The first-order chi connectivity index (χ1) is 37.4. The molecule has 0 radical (unpaired) electrons. The third-order valence-electron chi connectivity index (χ3n) is 14.8. The van der Waals surface area contributed by atoms with Crippen LogP contribution in [-0.4, -0.2) is 74.3 Å². The van der Waals surface area contributed by atoms with Crippen LogP contribution in [0.15, 0.2) is 48.6 Å². The second kappa shape index (κ2) is 57.2. The van der Waals surface area contributed by atoms with Gasteiger partial charge >= 0.3 is 13.8 Å². The highest BCUT2D eigenvalue weighted by atomic mass is 31.2. The van der Waals surface area contributed by atoms with Gasteiger partial charge in [0.2, 0.25) is 5.91 Å². The highest BCUT2D eigenvalue weighted by Gasteiger charge is 2.30. The summed E-state index contributed by atoms with van der Waals surface area (Å²) in [5.41, 5.74) is 0. The molecule has 0 aromatic heterocycles. The van der Waals surface area contributed by atoms with E-state index in [1.54, 1.807) is 0 Å². The molecule has 0 aliphatic carbocycles. The number of quaternary nitrogens is 1. The lowest BCUT2D eigenvalue weighted by Gasteiger charge is -2.27. The summed E-state index contributed by atoms with van der Waals surface area (Å²) in [5, 5.41) is 3.06. The lowest BCUT2D eigenvalue weighted by molar-refractivity contribution is -0.870. The van der Waals surface area contributed by atoms with Crippen LogP contribution in [0.5, 0.6) is 0 Å². The molecule has 1 amide bonds. The number of carbonyl (C=O) groups is 2. The van der Waals surface area contributed by atoms with Gasteiger partial charge in [-0.3, -0.25) is 18.6 Å². The van der Waals surface area contributed by atoms with Gasteiger partial charge in [-0.25, -0.2) is 4.57 Å². The van der Waals surface area contributed by atoms with E-state index in [-0.39, 0.29) is 25.1 Å². The minimum atomic E-state index is -4.45. The maximum Gasteiger partial charge on any atom is 0.472 e. The Morgan fingerprint density at radius 3 is 1.21 bits per heavy atom. The molecule has 452 valence electrons. The third-order valence-corrected chi connectivity index (χ3v) is 15.8. The van der Waals surface area contributed by atoms with E-state index in [1.165, 1.54) is 199 Å². The van der Waals surface area contributed by atoms with Crippen LogP contribution in [0.4, 0.5) is 0 Å². The molecule has 0 spiro atoms. The topological polar surface area (TPSA) is 111 Å². The number of hydrogen-bond acceptors (Lipinski definition) is 6. The molecule has 0 fully saturated rings. The highest BCUT2D eigenvalue weighted by Crippen LogP contribution is 2.43. The molecule has 3 atom stereocenters. The first-order valence-corrected chi connectivity index (χ1v) is 34.5. The molecular weight excluding hydrogens is 976 g/mol. The summed E-state index contributed by atoms with van der Waals surface area (Å²) in [4.78, 5) is 37.8. The number of ether oxygens (including phenoxy) is 1. The van der Waals surface area contributed by atoms with Gasteiger partial charge < -0.3 is 19.4 Å². The number of phosphoric acid groups is 1. The van der Waals surface area contributed by atoms with Crippen molar-refractivity contribution in [3.63, 3.8) is 0 Å². The first kappa shape index (κ1) is 75.0. The number of rotatable bonds is 60. The van der Waals surface area contributed by atoms with E-state index < -0.39 is 20.0 Å². The fourth-order valence-corrected chi connectivity index (χ4v) is 10.4. The monoisotopic (exact) mass is 1100 g/mol. The van der Waals surface area contributed by atoms with Crippen molar-refractivity contribution in [1.82, 2.24) is 5.32 Å². The zero-order valence-corrected chi connectivity index (χ0v) is 52.6. The van der Waals surface area contributed by atoms with Crippen LogP contribution in [0.1, 0.15) is 316 Å². The number of likely N-dealkylation sites (N-methyl/N-ethyl adjacent to an activating group) is 1. The zero-order chi connectivity index (χ0) is 56.4. The predicted molar refractivity (Wildman–Crippen MR) is 332 cm³/mol. The second-order valence-electron chi connectivity index (χ2n) is 23.6. The number of phosphoric ester groups is 1. The van der Waals surface area contributed by atoms with Gasteiger partial charge in [-0.15, -0.1) is 0 Å². The van der Waals surface area contributed by atoms with Crippen LogP contribution in [0.25, 0.3) is 0 Å². The molecule has 0 rings (SSSR count). The Morgan fingerprint density at radius 1 is 0.455 bits per heavy atom. The molecule has 10 heteroatoms. The van der Waals surface area contributed by atoms with Crippen molar-refractivity contribution in [2.75, 3.05) is 40.9 Å².